The van der Waals surface area contributed by atoms with Crippen LogP contribution in [0.4, 0.5) is 0 Å². The second kappa shape index (κ2) is 13.4. The first kappa shape index (κ1) is 27.7. The summed E-state index contributed by atoms with van der Waals surface area (Å²) in [5.41, 5.74) is 6.98. The zero-order valence-electron chi connectivity index (χ0n) is 21.9. The number of hydrogen-bond acceptors (Lipinski definition) is 6. The average Bonchev–Trinajstić information content (AvgIpc) is 3.29. The van der Waals surface area contributed by atoms with Crippen LogP contribution in [0.5, 0.6) is 11.5 Å². The number of thiol groups is 2. The maximum Gasteiger partial charge on any atom is 0.119 e. The topological polar surface area (TPSA) is 36.9 Å². The van der Waals surface area contributed by atoms with E-state index in [1.54, 1.807) is 0 Å². The van der Waals surface area contributed by atoms with Crippen LogP contribution in [0.25, 0.3) is 11.1 Å². The molecule has 5 rings (SSSR count). The molecule has 0 fully saturated rings. The summed E-state index contributed by atoms with van der Waals surface area (Å²) in [6.07, 6.45) is 0. The Hall–Kier alpha value is -2.90. The Labute approximate surface area is 242 Å². The van der Waals surface area contributed by atoms with Crippen molar-refractivity contribution < 1.29 is 18.9 Å². The Morgan fingerprint density at radius 3 is 1.28 bits per heavy atom. The standard InChI is InChI=1S/C33H34O4S2/c38-23-21-34-17-19-36-27-13-9-25(10-14-27)33(26-11-15-28(16-12-26)37-20-18-35-22-24-39)31-7-3-1-5-29(31)30-6-2-4-8-32(30)33/h1-16,38-39H,17-24H2. The molecule has 0 spiro atoms. The molecule has 0 atom stereocenters. The molecule has 0 aromatic heterocycles. The Morgan fingerprint density at radius 1 is 0.462 bits per heavy atom. The summed E-state index contributed by atoms with van der Waals surface area (Å²) >= 11 is 8.35. The fourth-order valence-electron chi connectivity index (χ4n) is 5.40. The highest BCUT2D eigenvalue weighted by Crippen LogP contribution is 2.56. The summed E-state index contributed by atoms with van der Waals surface area (Å²) in [5.74, 6) is 3.06. The van der Waals surface area contributed by atoms with Gasteiger partial charge >= 0.3 is 0 Å². The van der Waals surface area contributed by atoms with Crippen molar-refractivity contribution in [2.45, 2.75) is 5.41 Å². The summed E-state index contributed by atoms with van der Waals surface area (Å²) < 4.78 is 22.9. The Balaban J connectivity index is 1.50. The summed E-state index contributed by atoms with van der Waals surface area (Å²) in [4.78, 5) is 0. The van der Waals surface area contributed by atoms with E-state index in [4.69, 9.17) is 18.9 Å². The quantitative estimate of drug-likeness (QED) is 0.117. The largest absolute Gasteiger partial charge is 0.491 e. The molecule has 0 amide bonds. The van der Waals surface area contributed by atoms with Gasteiger partial charge in [0.15, 0.2) is 0 Å². The summed E-state index contributed by atoms with van der Waals surface area (Å²) in [6.45, 7) is 3.35. The van der Waals surface area contributed by atoms with Gasteiger partial charge in [-0.1, -0.05) is 72.8 Å². The maximum absolute atomic E-state index is 5.94. The summed E-state index contributed by atoms with van der Waals surface area (Å²) in [6, 6.07) is 34.4. The maximum atomic E-state index is 5.94. The Morgan fingerprint density at radius 2 is 0.872 bits per heavy atom. The van der Waals surface area contributed by atoms with Crippen molar-refractivity contribution in [1.82, 2.24) is 0 Å². The minimum Gasteiger partial charge on any atom is -0.491 e. The van der Waals surface area contributed by atoms with Crippen LogP contribution in [0.2, 0.25) is 0 Å². The molecule has 202 valence electrons. The normalized spacial score (nSPS) is 13.1. The first-order valence-electron chi connectivity index (χ1n) is 13.3. The van der Waals surface area contributed by atoms with Gasteiger partial charge in [0, 0.05) is 11.5 Å². The highest BCUT2D eigenvalue weighted by atomic mass is 32.1. The third kappa shape index (κ3) is 5.85. The Bertz CT molecular complexity index is 1230. The van der Waals surface area contributed by atoms with E-state index in [-0.39, 0.29) is 0 Å². The molecule has 0 bridgehead atoms. The van der Waals surface area contributed by atoms with Crippen LogP contribution < -0.4 is 9.47 Å². The van der Waals surface area contributed by atoms with Crippen molar-refractivity contribution >= 4 is 25.3 Å². The monoisotopic (exact) mass is 558 g/mol. The van der Waals surface area contributed by atoms with Crippen molar-refractivity contribution in [3.8, 4) is 22.6 Å². The van der Waals surface area contributed by atoms with Gasteiger partial charge in [0.2, 0.25) is 0 Å². The van der Waals surface area contributed by atoms with Gasteiger partial charge in [0.05, 0.1) is 31.8 Å². The average molecular weight is 559 g/mol. The van der Waals surface area contributed by atoms with Gasteiger partial charge in [0.25, 0.3) is 0 Å². The van der Waals surface area contributed by atoms with Crippen molar-refractivity contribution in [1.29, 1.82) is 0 Å². The molecule has 39 heavy (non-hydrogen) atoms. The molecule has 4 nitrogen and oxygen atoms in total. The fourth-order valence-corrected chi connectivity index (χ4v) is 5.65. The molecular formula is C33H34O4S2. The molecule has 0 aliphatic heterocycles. The van der Waals surface area contributed by atoms with Gasteiger partial charge in [-0.3, -0.25) is 0 Å². The minimum absolute atomic E-state index is 0.463. The molecule has 0 N–H and O–H groups in total. The van der Waals surface area contributed by atoms with E-state index in [0.29, 0.717) is 51.1 Å². The highest BCUT2D eigenvalue weighted by molar-refractivity contribution is 7.80. The van der Waals surface area contributed by atoms with Crippen molar-refractivity contribution in [3.63, 3.8) is 0 Å². The van der Waals surface area contributed by atoms with Gasteiger partial charge in [-0.25, -0.2) is 0 Å². The predicted molar refractivity (Wildman–Crippen MR) is 164 cm³/mol. The molecule has 0 heterocycles. The van der Waals surface area contributed by atoms with Crippen LogP contribution in [-0.2, 0) is 14.9 Å². The van der Waals surface area contributed by atoms with Gasteiger partial charge in [-0.15, -0.1) is 0 Å². The number of hydrogen-bond donors (Lipinski definition) is 2. The lowest BCUT2D eigenvalue weighted by molar-refractivity contribution is 0.112. The lowest BCUT2D eigenvalue weighted by Crippen LogP contribution is -2.28. The number of ether oxygens (including phenoxy) is 4. The highest BCUT2D eigenvalue weighted by Gasteiger charge is 2.45. The molecule has 0 radical (unpaired) electrons. The first-order valence-corrected chi connectivity index (χ1v) is 14.6. The van der Waals surface area contributed by atoms with E-state index in [9.17, 15) is 0 Å². The van der Waals surface area contributed by atoms with Crippen LogP contribution in [-0.4, -0.2) is 51.1 Å². The third-order valence-electron chi connectivity index (χ3n) is 6.99. The lowest BCUT2D eigenvalue weighted by atomic mass is 9.68. The molecular weight excluding hydrogens is 524 g/mol. The smallest absolute Gasteiger partial charge is 0.119 e. The number of benzene rings is 4. The molecule has 1 aliphatic rings. The van der Waals surface area contributed by atoms with E-state index in [2.05, 4.69) is 122 Å². The Kier molecular flexibility index (Phi) is 9.53. The van der Waals surface area contributed by atoms with Crippen LogP contribution >= 0.6 is 25.3 Å². The molecule has 4 aromatic carbocycles. The predicted octanol–water partition coefficient (Wildman–Crippen LogP) is 6.70. The van der Waals surface area contributed by atoms with Crippen LogP contribution in [0.3, 0.4) is 0 Å². The van der Waals surface area contributed by atoms with Gasteiger partial charge in [0.1, 0.15) is 24.7 Å². The van der Waals surface area contributed by atoms with E-state index in [0.717, 1.165) is 11.5 Å². The zero-order valence-corrected chi connectivity index (χ0v) is 23.7. The third-order valence-corrected chi connectivity index (χ3v) is 7.36. The number of fused-ring (bicyclic) bond motifs is 3. The first-order chi connectivity index (χ1) is 19.3. The lowest BCUT2D eigenvalue weighted by Gasteiger charge is -2.34. The van der Waals surface area contributed by atoms with Crippen molar-refractivity contribution in [2.75, 3.05) is 51.1 Å². The van der Waals surface area contributed by atoms with E-state index in [1.807, 2.05) is 0 Å². The minimum atomic E-state index is -0.463. The second-order valence-electron chi connectivity index (χ2n) is 9.26. The van der Waals surface area contributed by atoms with Crippen LogP contribution in [0, 0.1) is 0 Å². The van der Waals surface area contributed by atoms with Gasteiger partial charge in [-0.2, -0.15) is 25.3 Å². The van der Waals surface area contributed by atoms with E-state index >= 15 is 0 Å². The molecule has 0 saturated heterocycles. The summed E-state index contributed by atoms with van der Waals surface area (Å²) in [7, 11) is 0. The molecule has 1 aliphatic carbocycles. The molecule has 0 saturated carbocycles. The zero-order chi connectivity index (χ0) is 26.9. The van der Waals surface area contributed by atoms with Crippen LogP contribution in [0.1, 0.15) is 22.3 Å². The summed E-state index contributed by atoms with van der Waals surface area (Å²) in [5, 5.41) is 0. The fraction of sp³-hybridized carbons (Fsp3) is 0.273. The van der Waals surface area contributed by atoms with Gasteiger partial charge in [-0.05, 0) is 57.6 Å². The van der Waals surface area contributed by atoms with Crippen molar-refractivity contribution in [2.24, 2.45) is 0 Å². The van der Waals surface area contributed by atoms with Crippen molar-refractivity contribution in [3.05, 3.63) is 119 Å². The molecule has 0 unspecified atom stereocenters. The number of rotatable bonds is 14. The SMILES string of the molecule is SCCOCCOc1ccc(C2(c3ccc(OCCOCCS)cc3)c3ccccc3-c3ccccc32)cc1. The molecule has 4 aromatic rings. The van der Waals surface area contributed by atoms with Crippen LogP contribution in [0.15, 0.2) is 97.1 Å². The second-order valence-corrected chi connectivity index (χ2v) is 10.2. The molecule has 6 heteroatoms. The van der Waals surface area contributed by atoms with Gasteiger partial charge < -0.3 is 18.9 Å². The van der Waals surface area contributed by atoms with E-state index in [1.165, 1.54) is 33.4 Å². The van der Waals surface area contributed by atoms with E-state index < -0.39 is 5.41 Å².